The lowest BCUT2D eigenvalue weighted by molar-refractivity contribution is 0.517. The first kappa shape index (κ1) is 85.3. The largest absolute Gasteiger partial charge is 0.274 e. The molecule has 0 fully saturated rings. The minimum Gasteiger partial charge on any atom is -0.274 e. The zero-order valence-electron chi connectivity index (χ0n) is 70.8. The first-order chi connectivity index (χ1) is 60.0. The minimum atomic E-state index is -0.473. The van der Waals surface area contributed by atoms with Crippen LogP contribution < -0.4 is 33.4 Å². The molecule has 0 N–H and O–H groups in total. The van der Waals surface area contributed by atoms with Crippen molar-refractivity contribution in [3.05, 3.63) is 262 Å². The van der Waals surface area contributed by atoms with Gasteiger partial charge in [-0.25, -0.2) is 9.13 Å². The van der Waals surface area contributed by atoms with Gasteiger partial charge in [0, 0.05) is 90.8 Å². The van der Waals surface area contributed by atoms with Crippen LogP contribution in [0.15, 0.2) is 162 Å². The van der Waals surface area contributed by atoms with Crippen LogP contribution in [0.3, 0.4) is 0 Å². The summed E-state index contributed by atoms with van der Waals surface area (Å²) in [5.41, 5.74) is 5.21. The van der Waals surface area contributed by atoms with Crippen molar-refractivity contribution in [3.63, 3.8) is 0 Å². The van der Waals surface area contributed by atoms with Gasteiger partial charge in [0.25, 0.3) is 33.4 Å². The first-order valence-corrected chi connectivity index (χ1v) is 45.1. The topological polar surface area (TPSA) is 284 Å². The Hall–Kier alpha value is -13.7. The van der Waals surface area contributed by atoms with Gasteiger partial charge >= 0.3 is 0 Å². The maximum atomic E-state index is 14.4. The molecule has 612 valence electrons. The van der Waals surface area contributed by atoms with Crippen molar-refractivity contribution in [2.24, 2.45) is 0 Å². The van der Waals surface area contributed by atoms with E-state index in [-0.39, 0.29) is 34.4 Å². The highest BCUT2D eigenvalue weighted by Crippen LogP contribution is 2.48. The van der Waals surface area contributed by atoms with Crippen molar-refractivity contribution in [2.75, 3.05) is 0 Å². The van der Waals surface area contributed by atoms with Gasteiger partial charge in [0.15, 0.2) is 0 Å². The summed E-state index contributed by atoms with van der Waals surface area (Å²) >= 11 is 4.21. The maximum absolute atomic E-state index is 14.4. The Morgan fingerprint density at radius 2 is 0.597 bits per heavy atom. The summed E-state index contributed by atoms with van der Waals surface area (Å²) in [6.45, 7) is 18.8. The molecule has 6 aromatic heterocycles. The second kappa shape index (κ2) is 35.8. The molecule has 0 spiro atoms. The van der Waals surface area contributed by atoms with Crippen LogP contribution in [0, 0.1) is 91.7 Å². The molecule has 0 bridgehead atoms. The number of fused-ring (bicyclic) bond motifs is 6. The van der Waals surface area contributed by atoms with E-state index < -0.39 is 33.4 Å². The van der Waals surface area contributed by atoms with Crippen LogP contribution in [0.4, 0.5) is 0 Å². The Bertz CT molecular complexity index is 7890. The molecule has 0 aliphatic heterocycles. The molecular weight excluding hydrogens is 1590 g/mol. The number of hydrogen-bond donors (Lipinski definition) is 0. The van der Waals surface area contributed by atoms with Crippen LogP contribution in [0.5, 0.6) is 0 Å². The number of nitriles is 7. The fourth-order valence-electron chi connectivity index (χ4n) is 18.4. The molecule has 17 aromatic rings. The number of pyridine rings is 3. The van der Waals surface area contributed by atoms with Crippen LogP contribution >= 0.6 is 34.0 Å². The van der Waals surface area contributed by atoms with E-state index in [0.717, 1.165) is 72.8 Å². The van der Waals surface area contributed by atoms with Gasteiger partial charge in [-0.05, 0) is 131 Å². The first-order valence-electron chi connectivity index (χ1n) is 42.6. The van der Waals surface area contributed by atoms with Crippen molar-refractivity contribution in [2.45, 2.75) is 195 Å². The average molecular weight is 1680 g/mol. The summed E-state index contributed by atoms with van der Waals surface area (Å²) in [5.74, 6) is 2.88. The third kappa shape index (κ3) is 14.9. The summed E-state index contributed by atoms with van der Waals surface area (Å²) in [6.07, 6.45) is 25.7. The van der Waals surface area contributed by atoms with Crippen LogP contribution in [0.1, 0.15) is 255 Å². The molecule has 0 aliphatic rings. The SMILES string of the molecule is C#Cc1ccc2sc3c(C#N)cc4c(=O)n(-c5c(C(C)C)cccc5C(C)C)c(=O)c5cc(C#N)c(c2c1)c3c45.CC(C)c1cccc(C(C)C)c1-n1c(=O)c2cc(C#N)c3sc4ccccc4c4c(C#N)cc(c1=O)c2c34.CCCCCCCCCCCCCCCCCCn1c(=O)c2cc(C#N)c3sc4ccc(C#N)cc4c4c(C#N)cc(c1=O)c2c34. The van der Waals surface area contributed by atoms with Crippen LogP contribution in [0.2, 0.25) is 0 Å². The lowest BCUT2D eigenvalue weighted by atomic mass is 9.90. The van der Waals surface area contributed by atoms with Gasteiger partial charge in [0.1, 0.15) is 18.2 Å². The van der Waals surface area contributed by atoms with Crippen molar-refractivity contribution in [1.82, 2.24) is 13.7 Å². The fourth-order valence-corrected chi connectivity index (χ4v) is 21.9. The summed E-state index contributed by atoms with van der Waals surface area (Å²) in [4.78, 5) is 84.9. The van der Waals surface area contributed by atoms with Crippen molar-refractivity contribution in [1.29, 1.82) is 36.8 Å². The molecule has 0 aliphatic carbocycles. The number of hydrogen-bond acceptors (Lipinski definition) is 16. The predicted octanol–water partition coefficient (Wildman–Crippen LogP) is 24.8. The molecule has 0 unspecified atom stereocenters. The molecule has 0 saturated carbocycles. The number of aromatic nitrogens is 3. The quantitative estimate of drug-likeness (QED) is 0.0249. The maximum Gasteiger partial charge on any atom is 0.266 e. The normalized spacial score (nSPS) is 11.6. The Kier molecular flexibility index (Phi) is 24.6. The molecule has 0 radical (unpaired) electrons. The highest BCUT2D eigenvalue weighted by molar-refractivity contribution is 7.26. The predicted molar refractivity (Wildman–Crippen MR) is 508 cm³/mol. The third-order valence-corrected chi connectivity index (χ3v) is 28.0. The summed E-state index contributed by atoms with van der Waals surface area (Å²) in [6, 6.07) is 55.6. The lowest BCUT2D eigenvalue weighted by Gasteiger charge is -2.22. The smallest absolute Gasteiger partial charge is 0.266 e. The van der Waals surface area contributed by atoms with E-state index in [1.807, 2.05) is 140 Å². The summed E-state index contributed by atoms with van der Waals surface area (Å²) < 4.78 is 8.38. The molecule has 16 nitrogen and oxygen atoms in total. The van der Waals surface area contributed by atoms with Crippen LogP contribution in [0.25, 0.3) is 137 Å². The van der Waals surface area contributed by atoms with Gasteiger partial charge in [-0.15, -0.1) is 40.4 Å². The van der Waals surface area contributed by atoms with Crippen molar-refractivity contribution in [3.8, 4) is 66.2 Å². The van der Waals surface area contributed by atoms with Gasteiger partial charge < -0.3 is 0 Å². The number of rotatable bonds is 23. The Morgan fingerprint density at radius 3 is 0.927 bits per heavy atom. The van der Waals surface area contributed by atoms with Gasteiger partial charge in [-0.1, -0.05) is 219 Å². The number of terminal acetylenes is 1. The Balaban J connectivity index is 0.000000145. The Morgan fingerprint density at radius 1 is 0.298 bits per heavy atom. The zero-order valence-corrected chi connectivity index (χ0v) is 73.2. The molecule has 6 heterocycles. The highest BCUT2D eigenvalue weighted by atomic mass is 32.1. The Labute approximate surface area is 728 Å². The zero-order chi connectivity index (χ0) is 87.8. The van der Waals surface area contributed by atoms with E-state index in [0.29, 0.717) is 152 Å². The number of nitrogens with zero attached hydrogens (tertiary/aromatic N) is 10. The van der Waals surface area contributed by atoms with Gasteiger partial charge in [-0.2, -0.15) is 36.8 Å². The van der Waals surface area contributed by atoms with Gasteiger partial charge in [0.2, 0.25) is 0 Å². The van der Waals surface area contributed by atoms with E-state index in [1.54, 1.807) is 48.5 Å². The van der Waals surface area contributed by atoms with Gasteiger partial charge in [0.05, 0.1) is 121 Å². The highest BCUT2D eigenvalue weighted by Gasteiger charge is 2.31. The average Bonchev–Trinajstić information content (AvgIpc) is 0.706. The second-order valence-electron chi connectivity index (χ2n) is 33.5. The lowest BCUT2D eigenvalue weighted by Crippen LogP contribution is -2.34. The van der Waals surface area contributed by atoms with E-state index in [4.69, 9.17) is 6.42 Å². The third-order valence-electron chi connectivity index (χ3n) is 24.4. The van der Waals surface area contributed by atoms with Crippen molar-refractivity contribution < 1.29 is 0 Å². The van der Waals surface area contributed by atoms with E-state index in [9.17, 15) is 65.6 Å². The second-order valence-corrected chi connectivity index (χ2v) is 36.6. The molecule has 124 heavy (non-hydrogen) atoms. The minimum absolute atomic E-state index is 0.0497. The molecule has 0 atom stereocenters. The molecule has 11 aromatic carbocycles. The molecular formula is C105H88N10O6S3. The number of para-hydroxylation sites is 2. The number of unbranched alkanes of at least 4 members (excludes halogenated alkanes) is 15. The van der Waals surface area contributed by atoms with E-state index in [2.05, 4.69) is 55.3 Å². The van der Waals surface area contributed by atoms with Crippen LogP contribution in [-0.2, 0) is 6.54 Å². The molecule has 0 saturated heterocycles. The standard InChI is InChI=1S/C39H42N4O2S.C34H23N3O2S.C32H23N3O2S/c1-2-3-4-5-6-7-8-9-10-11-12-13-14-15-16-17-20-43-38(44)31-22-28(25-41)34-30-21-27(24-40)18-19-33(30)46-37-29(26-42)23-32(39(43)45)35(31)36(34)37;1-6-19-10-11-27-24(12-19)28-20(15-35)13-25-29-26(14-21(16-36)32(40-27)30(28)29)34(39)37(33(25)38)31-22(17(2)3)8-7-9-23(31)18(4)5;1-16(2)20-9-7-10-21(17(3)4)29(20)35-31(36)23-12-18(14-33)26-22-8-5-6-11-25(22)38-30-19(15-34)13-24(32(35)37)27(23)28(26)30/h18-19,21-23H,2-17,20H2,1H3;1,7-14,17-18H,2-5H3;5-13,16-17H,1-4H3. The van der Waals surface area contributed by atoms with Gasteiger partial charge in [-0.3, -0.25) is 33.3 Å². The fraction of sp³-hybridized carbons (Fsp3) is 0.286. The summed E-state index contributed by atoms with van der Waals surface area (Å²) in [7, 11) is 0. The summed E-state index contributed by atoms with van der Waals surface area (Å²) in [5, 5.41) is 80.0. The monoisotopic (exact) mass is 1680 g/mol. The molecule has 0 amide bonds. The molecule has 17 rings (SSSR count). The molecule has 19 heteroatoms. The van der Waals surface area contributed by atoms with E-state index in [1.165, 1.54) is 125 Å². The van der Waals surface area contributed by atoms with Crippen LogP contribution in [-0.4, -0.2) is 13.7 Å². The van der Waals surface area contributed by atoms with Crippen molar-refractivity contribution >= 4 is 159 Å². The van der Waals surface area contributed by atoms with E-state index >= 15 is 0 Å². The number of benzene rings is 11.